The van der Waals surface area contributed by atoms with E-state index >= 15 is 0 Å². The minimum atomic E-state index is -4.75. The van der Waals surface area contributed by atoms with Crippen LogP contribution < -0.4 is 10.1 Å². The van der Waals surface area contributed by atoms with Gasteiger partial charge in [-0.25, -0.2) is 4.39 Å². The second-order valence-corrected chi connectivity index (χ2v) is 6.41. The fourth-order valence-corrected chi connectivity index (χ4v) is 3.26. The highest BCUT2D eigenvalue weighted by atomic mass is 35.5. The van der Waals surface area contributed by atoms with Gasteiger partial charge in [-0.15, -0.1) is 38.0 Å². The monoisotopic (exact) mass is 460 g/mol. The lowest BCUT2D eigenvalue weighted by Crippen LogP contribution is -2.45. The molecule has 156 valence electrons. The van der Waals surface area contributed by atoms with E-state index in [0.717, 1.165) is 13.1 Å². The van der Waals surface area contributed by atoms with Crippen LogP contribution in [0.15, 0.2) is 42.5 Å². The van der Waals surface area contributed by atoms with Gasteiger partial charge in [-0.3, -0.25) is 4.90 Å². The van der Waals surface area contributed by atoms with Crippen LogP contribution in [-0.4, -0.2) is 37.4 Å². The predicted molar refractivity (Wildman–Crippen MR) is 105 cm³/mol. The Morgan fingerprint density at radius 1 is 1.00 bits per heavy atom. The first-order chi connectivity index (χ1) is 12.3. The highest BCUT2D eigenvalue weighted by molar-refractivity contribution is 6.30. The van der Waals surface area contributed by atoms with Crippen LogP contribution in [-0.2, 0) is 0 Å². The Hall–Kier alpha value is -1.25. The topological polar surface area (TPSA) is 24.5 Å². The number of rotatable bonds is 4. The van der Waals surface area contributed by atoms with Gasteiger partial charge >= 0.3 is 6.36 Å². The van der Waals surface area contributed by atoms with Crippen LogP contribution in [0, 0.1) is 5.82 Å². The molecule has 2 aromatic rings. The zero-order valence-electron chi connectivity index (χ0n) is 14.5. The third-order valence-corrected chi connectivity index (χ3v) is 4.44. The van der Waals surface area contributed by atoms with Crippen molar-refractivity contribution in [2.45, 2.75) is 12.4 Å². The molecule has 1 saturated heterocycles. The zero-order valence-corrected chi connectivity index (χ0v) is 16.9. The second kappa shape index (κ2) is 10.5. The average Bonchev–Trinajstić information content (AvgIpc) is 2.58. The number of nitrogens with one attached hydrogen (secondary N) is 1. The summed E-state index contributed by atoms with van der Waals surface area (Å²) in [7, 11) is 0. The Balaban J connectivity index is 0.00000196. The number of nitrogens with zero attached hydrogens (tertiary/aromatic N) is 1. The van der Waals surface area contributed by atoms with Crippen LogP contribution in [0.1, 0.15) is 17.2 Å². The van der Waals surface area contributed by atoms with E-state index < -0.39 is 18.2 Å². The van der Waals surface area contributed by atoms with Gasteiger partial charge in [0.2, 0.25) is 0 Å². The molecule has 0 aliphatic carbocycles. The summed E-state index contributed by atoms with van der Waals surface area (Å²) in [6, 6.07) is 9.59. The van der Waals surface area contributed by atoms with Crippen LogP contribution in [0.2, 0.25) is 5.02 Å². The molecule has 1 aliphatic heterocycles. The smallest absolute Gasteiger partial charge is 0.406 e. The highest BCUT2D eigenvalue weighted by Crippen LogP contribution is 2.33. The average molecular weight is 462 g/mol. The van der Waals surface area contributed by atoms with Gasteiger partial charge in [-0.05, 0) is 29.8 Å². The number of hydrogen-bond donors (Lipinski definition) is 1. The number of halogens is 7. The van der Waals surface area contributed by atoms with Crippen molar-refractivity contribution in [1.29, 1.82) is 0 Å². The van der Waals surface area contributed by atoms with Gasteiger partial charge in [-0.2, -0.15) is 0 Å². The van der Waals surface area contributed by atoms with E-state index in [9.17, 15) is 17.6 Å². The summed E-state index contributed by atoms with van der Waals surface area (Å²) < 4.78 is 55.5. The van der Waals surface area contributed by atoms with Gasteiger partial charge in [0.1, 0.15) is 11.6 Å². The molecule has 2 aromatic carbocycles. The normalized spacial score (nSPS) is 15.9. The molecule has 0 bridgehead atoms. The summed E-state index contributed by atoms with van der Waals surface area (Å²) in [6.45, 7) is 2.88. The first-order valence-corrected chi connectivity index (χ1v) is 8.47. The molecular formula is C18H19Cl3F4N2O. The van der Waals surface area contributed by atoms with E-state index in [0.29, 0.717) is 29.2 Å². The predicted octanol–water partition coefficient (Wildman–Crippen LogP) is 5.22. The largest absolute Gasteiger partial charge is 0.573 e. The molecule has 0 saturated carbocycles. The number of benzene rings is 2. The van der Waals surface area contributed by atoms with E-state index in [1.807, 2.05) is 0 Å². The van der Waals surface area contributed by atoms with E-state index in [1.165, 1.54) is 30.3 Å². The van der Waals surface area contributed by atoms with Crippen LogP contribution in [0.4, 0.5) is 17.6 Å². The lowest BCUT2D eigenvalue weighted by Gasteiger charge is -2.35. The first-order valence-electron chi connectivity index (χ1n) is 8.09. The molecule has 3 rings (SSSR count). The summed E-state index contributed by atoms with van der Waals surface area (Å²) >= 11 is 5.85. The van der Waals surface area contributed by atoms with E-state index in [4.69, 9.17) is 11.6 Å². The quantitative estimate of drug-likeness (QED) is 0.632. The van der Waals surface area contributed by atoms with Crippen LogP contribution in [0.5, 0.6) is 5.75 Å². The van der Waals surface area contributed by atoms with Gasteiger partial charge in [-0.1, -0.05) is 29.8 Å². The lowest BCUT2D eigenvalue weighted by molar-refractivity contribution is -0.274. The van der Waals surface area contributed by atoms with Crippen molar-refractivity contribution >= 4 is 36.4 Å². The molecule has 0 radical (unpaired) electrons. The first kappa shape index (κ1) is 24.8. The Morgan fingerprint density at radius 3 is 2.14 bits per heavy atom. The molecule has 0 aromatic heterocycles. The third kappa shape index (κ3) is 6.39. The molecule has 3 nitrogen and oxygen atoms in total. The fraction of sp³-hybridized carbons (Fsp3) is 0.333. The number of hydrogen-bond acceptors (Lipinski definition) is 3. The Labute approximate surface area is 177 Å². The standard InChI is InChI=1S/C18H17ClF4N2O.2ClH/c19-13-3-6-15(16(20)11-13)17(25-9-7-24-8-10-25)12-1-4-14(5-2-12)26-18(21,22)23;;/h1-6,11,17,24H,7-10H2;2*1H/t17-;;/m0../s1. The maximum atomic E-state index is 14.5. The lowest BCUT2D eigenvalue weighted by atomic mass is 9.96. The summed E-state index contributed by atoms with van der Waals surface area (Å²) in [6.07, 6.45) is -4.75. The molecule has 1 fully saturated rings. The SMILES string of the molecule is Cl.Cl.Fc1cc(Cl)ccc1[C@H](c1ccc(OC(F)(F)F)cc1)N1CCNCC1. The van der Waals surface area contributed by atoms with Crippen molar-refractivity contribution in [3.63, 3.8) is 0 Å². The minimum Gasteiger partial charge on any atom is -0.406 e. The van der Waals surface area contributed by atoms with E-state index in [1.54, 1.807) is 12.1 Å². The van der Waals surface area contributed by atoms with E-state index in [-0.39, 0.29) is 30.6 Å². The molecule has 28 heavy (non-hydrogen) atoms. The van der Waals surface area contributed by atoms with Crippen molar-refractivity contribution in [3.8, 4) is 5.75 Å². The molecule has 1 heterocycles. The molecule has 1 aliphatic rings. The number of ether oxygens (including phenoxy) is 1. The fourth-order valence-electron chi connectivity index (χ4n) is 3.10. The maximum absolute atomic E-state index is 14.5. The number of alkyl halides is 3. The van der Waals surface area contributed by atoms with Gasteiger partial charge in [0.15, 0.2) is 0 Å². The van der Waals surface area contributed by atoms with Crippen molar-refractivity contribution < 1.29 is 22.3 Å². The summed E-state index contributed by atoms with van der Waals surface area (Å²) in [5, 5.41) is 3.52. The molecule has 0 unspecified atom stereocenters. The summed E-state index contributed by atoms with van der Waals surface area (Å²) in [5.41, 5.74) is 1.11. The second-order valence-electron chi connectivity index (χ2n) is 5.97. The summed E-state index contributed by atoms with van der Waals surface area (Å²) in [5.74, 6) is -0.756. The Kier molecular flexibility index (Phi) is 9.30. The van der Waals surface area contributed by atoms with Gasteiger partial charge < -0.3 is 10.1 Å². The van der Waals surface area contributed by atoms with Crippen molar-refractivity contribution in [2.24, 2.45) is 0 Å². The molecule has 0 spiro atoms. The third-order valence-electron chi connectivity index (χ3n) is 4.20. The Morgan fingerprint density at radius 2 is 1.61 bits per heavy atom. The van der Waals surface area contributed by atoms with Gasteiger partial charge in [0.25, 0.3) is 0 Å². The van der Waals surface area contributed by atoms with Gasteiger partial charge in [0.05, 0.1) is 6.04 Å². The van der Waals surface area contributed by atoms with Crippen molar-refractivity contribution in [3.05, 3.63) is 64.4 Å². The van der Waals surface area contributed by atoms with E-state index in [2.05, 4.69) is 15.0 Å². The molecule has 10 heteroatoms. The summed E-state index contributed by atoms with van der Waals surface area (Å²) in [4.78, 5) is 2.09. The minimum absolute atomic E-state index is 0. The van der Waals surface area contributed by atoms with Crippen LogP contribution >= 0.6 is 36.4 Å². The zero-order chi connectivity index (χ0) is 18.7. The van der Waals surface area contributed by atoms with Crippen LogP contribution in [0.25, 0.3) is 0 Å². The molecule has 1 atom stereocenters. The Bertz CT molecular complexity index is 753. The van der Waals surface area contributed by atoms with Crippen molar-refractivity contribution in [1.82, 2.24) is 10.2 Å². The maximum Gasteiger partial charge on any atom is 0.573 e. The molecule has 0 amide bonds. The van der Waals surface area contributed by atoms with Crippen molar-refractivity contribution in [2.75, 3.05) is 26.2 Å². The number of piperazine rings is 1. The van der Waals surface area contributed by atoms with Crippen LogP contribution in [0.3, 0.4) is 0 Å². The highest BCUT2D eigenvalue weighted by Gasteiger charge is 2.31. The molecular weight excluding hydrogens is 443 g/mol. The van der Waals surface area contributed by atoms with Gasteiger partial charge in [0, 0.05) is 36.8 Å². The molecule has 1 N–H and O–H groups in total.